The second-order valence-corrected chi connectivity index (χ2v) is 10.4. The van der Waals surface area contributed by atoms with Gasteiger partial charge < -0.3 is 14.2 Å². The third-order valence-electron chi connectivity index (χ3n) is 8.62. The Balaban J connectivity index is 1.36. The molecule has 0 aromatic heterocycles. The molecule has 2 aliphatic heterocycles. The highest BCUT2D eigenvalue weighted by Gasteiger charge is 2.79. The van der Waals surface area contributed by atoms with Crippen molar-refractivity contribution in [1.82, 2.24) is 0 Å². The summed E-state index contributed by atoms with van der Waals surface area (Å²) in [5.74, 6) is -0.0817. The standard InChI is InChI=1S/C27H28O5/c1-26-15-27(2,21-19-14-13-18(30-19)20(21)26)23(32-25(29)17-11-7-4-8-12-17)22(26)31-24(28)16-9-5-3-6-10-16/h3-12,18-23H,13-15H2,1-2H3. The van der Waals surface area contributed by atoms with Crippen LogP contribution in [0.3, 0.4) is 0 Å². The number of ether oxygens (including phenoxy) is 3. The Labute approximate surface area is 188 Å². The third-order valence-corrected chi connectivity index (χ3v) is 8.62. The zero-order valence-electron chi connectivity index (χ0n) is 18.4. The van der Waals surface area contributed by atoms with Crippen molar-refractivity contribution in [3.63, 3.8) is 0 Å². The Kier molecular flexibility index (Phi) is 4.32. The monoisotopic (exact) mass is 432 g/mol. The summed E-state index contributed by atoms with van der Waals surface area (Å²) < 4.78 is 18.7. The molecule has 4 bridgehead atoms. The molecule has 4 fully saturated rings. The number of fused-ring (bicyclic) bond motifs is 9. The van der Waals surface area contributed by atoms with Gasteiger partial charge in [-0.3, -0.25) is 0 Å². The molecule has 0 radical (unpaired) electrons. The van der Waals surface area contributed by atoms with E-state index in [9.17, 15) is 9.59 Å². The minimum atomic E-state index is -0.503. The maximum absolute atomic E-state index is 13.1. The first kappa shape index (κ1) is 20.0. The minimum Gasteiger partial charge on any atom is -0.454 e. The zero-order valence-corrected chi connectivity index (χ0v) is 18.4. The molecule has 32 heavy (non-hydrogen) atoms. The summed E-state index contributed by atoms with van der Waals surface area (Å²) >= 11 is 0. The second-order valence-electron chi connectivity index (χ2n) is 10.4. The Bertz CT molecular complexity index is 969. The van der Waals surface area contributed by atoms with Gasteiger partial charge in [-0.05, 0) is 43.5 Å². The number of hydrogen-bond acceptors (Lipinski definition) is 5. The molecule has 2 aromatic rings. The van der Waals surface area contributed by atoms with E-state index in [4.69, 9.17) is 14.2 Å². The van der Waals surface area contributed by atoms with Gasteiger partial charge in [-0.2, -0.15) is 0 Å². The molecular formula is C27H28O5. The lowest BCUT2D eigenvalue weighted by Crippen LogP contribution is -2.57. The van der Waals surface area contributed by atoms with E-state index in [1.54, 1.807) is 24.3 Å². The van der Waals surface area contributed by atoms with Crippen LogP contribution in [-0.2, 0) is 14.2 Å². The van der Waals surface area contributed by atoms with Gasteiger partial charge in [-0.1, -0.05) is 50.2 Å². The van der Waals surface area contributed by atoms with E-state index in [-0.39, 0.29) is 35.0 Å². The Morgan fingerprint density at radius 1 is 0.750 bits per heavy atom. The van der Waals surface area contributed by atoms with Crippen LogP contribution >= 0.6 is 0 Å². The fourth-order valence-corrected chi connectivity index (χ4v) is 7.59. The van der Waals surface area contributed by atoms with Crippen molar-refractivity contribution in [2.24, 2.45) is 22.7 Å². The average Bonchev–Trinajstić information content (AvgIpc) is 3.53. The normalized spacial score (nSPS) is 40.8. The van der Waals surface area contributed by atoms with Crippen LogP contribution in [0, 0.1) is 22.7 Å². The smallest absolute Gasteiger partial charge is 0.338 e. The van der Waals surface area contributed by atoms with Crippen molar-refractivity contribution in [3.8, 4) is 0 Å². The van der Waals surface area contributed by atoms with E-state index in [0.29, 0.717) is 23.0 Å². The third kappa shape index (κ3) is 2.67. The Morgan fingerprint density at radius 2 is 1.16 bits per heavy atom. The van der Waals surface area contributed by atoms with Crippen LogP contribution < -0.4 is 0 Å². The van der Waals surface area contributed by atoms with Crippen molar-refractivity contribution in [2.75, 3.05) is 0 Å². The summed E-state index contributed by atoms with van der Waals surface area (Å²) in [7, 11) is 0. The van der Waals surface area contributed by atoms with Gasteiger partial charge in [0.25, 0.3) is 0 Å². The van der Waals surface area contributed by atoms with Crippen molar-refractivity contribution in [1.29, 1.82) is 0 Å². The van der Waals surface area contributed by atoms with Crippen LogP contribution in [0.25, 0.3) is 0 Å². The van der Waals surface area contributed by atoms with Gasteiger partial charge in [0.1, 0.15) is 12.2 Å². The highest BCUT2D eigenvalue weighted by atomic mass is 16.6. The van der Waals surface area contributed by atoms with Crippen LogP contribution in [0.15, 0.2) is 60.7 Å². The molecule has 8 atom stereocenters. The van der Waals surface area contributed by atoms with E-state index >= 15 is 0 Å². The molecule has 6 rings (SSSR count). The SMILES string of the molecule is CC12CC(C)(C(OC(=O)c3ccccc3)C1OC(=O)c1ccccc1)C1C3CCC(O3)C12. The molecule has 5 heteroatoms. The van der Waals surface area contributed by atoms with Crippen LogP contribution in [0.4, 0.5) is 0 Å². The molecule has 2 heterocycles. The fourth-order valence-electron chi connectivity index (χ4n) is 7.59. The van der Waals surface area contributed by atoms with Gasteiger partial charge in [0.2, 0.25) is 0 Å². The minimum absolute atomic E-state index is 0.209. The largest absolute Gasteiger partial charge is 0.454 e. The van der Waals surface area contributed by atoms with Crippen molar-refractivity contribution < 1.29 is 23.8 Å². The number of carbonyl (C=O) groups excluding carboxylic acids is 2. The zero-order chi connectivity index (χ0) is 22.1. The quantitative estimate of drug-likeness (QED) is 0.658. The Morgan fingerprint density at radius 3 is 1.56 bits per heavy atom. The van der Waals surface area contributed by atoms with E-state index in [2.05, 4.69) is 13.8 Å². The molecule has 0 amide bonds. The molecular weight excluding hydrogens is 404 g/mol. The number of esters is 2. The molecule has 0 spiro atoms. The molecule has 5 nitrogen and oxygen atoms in total. The van der Waals surface area contributed by atoms with E-state index in [0.717, 1.165) is 19.3 Å². The summed E-state index contributed by atoms with van der Waals surface area (Å²) in [5.41, 5.74) is 0.451. The van der Waals surface area contributed by atoms with Gasteiger partial charge in [0, 0.05) is 22.7 Å². The number of carbonyl (C=O) groups is 2. The van der Waals surface area contributed by atoms with E-state index < -0.39 is 12.2 Å². The maximum atomic E-state index is 13.1. The van der Waals surface area contributed by atoms with Crippen molar-refractivity contribution in [3.05, 3.63) is 71.8 Å². The lowest BCUT2D eigenvalue weighted by Gasteiger charge is -2.48. The summed E-state index contributed by atoms with van der Waals surface area (Å²) in [6, 6.07) is 18.1. The highest BCUT2D eigenvalue weighted by molar-refractivity contribution is 5.90. The molecule has 0 N–H and O–H groups in total. The first-order chi connectivity index (χ1) is 15.4. The lowest BCUT2D eigenvalue weighted by molar-refractivity contribution is -0.129. The summed E-state index contributed by atoms with van der Waals surface area (Å²) in [5, 5.41) is 0. The fraction of sp³-hybridized carbons (Fsp3) is 0.481. The van der Waals surface area contributed by atoms with Crippen LogP contribution in [-0.4, -0.2) is 36.4 Å². The predicted octanol–water partition coefficient (Wildman–Crippen LogP) is 4.66. The van der Waals surface area contributed by atoms with E-state index in [1.165, 1.54) is 0 Å². The van der Waals surface area contributed by atoms with Gasteiger partial charge >= 0.3 is 11.9 Å². The van der Waals surface area contributed by atoms with Gasteiger partial charge in [-0.15, -0.1) is 0 Å². The van der Waals surface area contributed by atoms with Crippen LogP contribution in [0.5, 0.6) is 0 Å². The molecule has 4 aliphatic rings. The first-order valence-electron chi connectivity index (χ1n) is 11.6. The van der Waals surface area contributed by atoms with Crippen LogP contribution in [0.2, 0.25) is 0 Å². The highest BCUT2D eigenvalue weighted by Crippen LogP contribution is 2.74. The van der Waals surface area contributed by atoms with Gasteiger partial charge in [0.05, 0.1) is 23.3 Å². The van der Waals surface area contributed by atoms with Crippen molar-refractivity contribution in [2.45, 2.75) is 57.5 Å². The second kappa shape index (κ2) is 6.92. The number of benzene rings is 2. The molecule has 8 unspecified atom stereocenters. The molecule has 2 aliphatic carbocycles. The Hall–Kier alpha value is -2.66. The lowest BCUT2D eigenvalue weighted by atomic mass is 9.60. The maximum Gasteiger partial charge on any atom is 0.338 e. The molecule has 2 saturated heterocycles. The molecule has 166 valence electrons. The van der Waals surface area contributed by atoms with Gasteiger partial charge in [0.15, 0.2) is 0 Å². The number of hydrogen-bond donors (Lipinski definition) is 0. The molecule has 2 aromatic carbocycles. The van der Waals surface area contributed by atoms with E-state index in [1.807, 2.05) is 36.4 Å². The summed E-state index contributed by atoms with van der Waals surface area (Å²) in [4.78, 5) is 26.2. The van der Waals surface area contributed by atoms with Crippen molar-refractivity contribution >= 4 is 11.9 Å². The summed E-state index contributed by atoms with van der Waals surface area (Å²) in [6.07, 6.45) is 2.40. The van der Waals surface area contributed by atoms with Crippen LogP contribution in [0.1, 0.15) is 53.8 Å². The molecule has 2 saturated carbocycles. The number of rotatable bonds is 4. The summed E-state index contributed by atoms with van der Waals surface area (Å²) in [6.45, 7) is 4.42. The topological polar surface area (TPSA) is 61.8 Å². The first-order valence-corrected chi connectivity index (χ1v) is 11.6. The van der Waals surface area contributed by atoms with Gasteiger partial charge in [-0.25, -0.2) is 9.59 Å². The average molecular weight is 433 g/mol. The predicted molar refractivity (Wildman–Crippen MR) is 117 cm³/mol.